The Kier molecular flexibility index (Phi) is 11.9. The van der Waals surface area contributed by atoms with Crippen molar-refractivity contribution in [3.05, 3.63) is 155 Å². The second-order valence-corrected chi connectivity index (χ2v) is 12.0. The number of thioether (sulfide) groups is 1. The van der Waals surface area contributed by atoms with Crippen LogP contribution in [0.25, 0.3) is 0 Å². The van der Waals surface area contributed by atoms with Crippen molar-refractivity contribution in [1.29, 1.82) is 0 Å². The molecule has 0 bridgehead atoms. The number of nitrogens with one attached hydrogen (secondary N) is 1. The first kappa shape index (κ1) is 35.0. The minimum absolute atomic E-state index is 0.0633. The van der Waals surface area contributed by atoms with Crippen LogP contribution in [0.15, 0.2) is 127 Å². The molecule has 0 amide bonds. The monoisotopic (exact) mass is 681 g/mol. The van der Waals surface area contributed by atoms with Crippen LogP contribution in [0, 0.1) is 5.21 Å². The molecule has 2 N–H and O–H groups in total. The number of carbonyl (C=O) groups is 2. The van der Waals surface area contributed by atoms with Crippen LogP contribution in [0.1, 0.15) is 28.7 Å². The van der Waals surface area contributed by atoms with Gasteiger partial charge in [0.05, 0.1) is 25.4 Å². The predicted octanol–water partition coefficient (Wildman–Crippen LogP) is 6.84. The van der Waals surface area contributed by atoms with E-state index in [0.29, 0.717) is 17.1 Å². The van der Waals surface area contributed by atoms with Gasteiger partial charge >= 0.3 is 12.1 Å². The maximum absolute atomic E-state index is 13.2. The van der Waals surface area contributed by atoms with E-state index in [4.69, 9.17) is 28.9 Å². The predicted molar refractivity (Wildman–Crippen MR) is 184 cm³/mol. The first-order chi connectivity index (χ1) is 23.8. The molecular formula is C38H35NO9S. The van der Waals surface area contributed by atoms with Gasteiger partial charge in [0.1, 0.15) is 18.1 Å². The molecule has 0 aliphatic rings. The van der Waals surface area contributed by atoms with Crippen molar-refractivity contribution >= 4 is 29.6 Å². The molecular weight excluding hydrogens is 646 g/mol. The van der Waals surface area contributed by atoms with E-state index in [-0.39, 0.29) is 30.2 Å². The number of esters is 1. The third kappa shape index (κ3) is 8.78. The van der Waals surface area contributed by atoms with Crippen LogP contribution in [-0.2, 0) is 20.9 Å². The molecule has 1 unspecified atom stereocenters. The summed E-state index contributed by atoms with van der Waals surface area (Å²) < 4.78 is 26.3. The van der Waals surface area contributed by atoms with Gasteiger partial charge in [0.2, 0.25) is 0 Å². The Hall–Kier alpha value is -5.33. The molecule has 5 aromatic carbocycles. The number of benzene rings is 5. The van der Waals surface area contributed by atoms with Gasteiger partial charge in [-0.15, -0.1) is 11.8 Å². The van der Waals surface area contributed by atoms with Gasteiger partial charge in [0.25, 0.3) is 0 Å². The largest absolute Gasteiger partial charge is 0.595 e. The van der Waals surface area contributed by atoms with Gasteiger partial charge < -0.3 is 28.9 Å². The van der Waals surface area contributed by atoms with Crippen LogP contribution in [-0.4, -0.2) is 37.3 Å². The van der Waals surface area contributed by atoms with Crippen molar-refractivity contribution in [2.75, 3.05) is 20.0 Å². The van der Waals surface area contributed by atoms with Crippen LogP contribution in [0.3, 0.4) is 0 Å². The Morgan fingerprint density at radius 3 is 1.88 bits per heavy atom. The molecule has 1 atom stereocenters. The van der Waals surface area contributed by atoms with Crippen molar-refractivity contribution < 1.29 is 43.7 Å². The van der Waals surface area contributed by atoms with E-state index < -0.39 is 22.1 Å². The molecule has 10 nitrogen and oxygen atoms in total. The minimum Gasteiger partial charge on any atom is -0.595 e. The fraction of sp³-hybridized carbons (Fsp3) is 0.158. The number of rotatable bonds is 14. The third-order valence-corrected chi connectivity index (χ3v) is 9.14. The van der Waals surface area contributed by atoms with Gasteiger partial charge in [0.15, 0.2) is 17.2 Å². The smallest absolute Gasteiger partial charge is 0.514 e. The highest BCUT2D eigenvalue weighted by Crippen LogP contribution is 2.49. The summed E-state index contributed by atoms with van der Waals surface area (Å²) >= 11 is 1.65. The SMILES string of the molecule is COc1ccc(C(SCCC(=O)Oc2ccc(COC(=O)Oc3ccc([NH+]([O-])O)cc3)cc2OC)(c2ccccc2)c2ccccc2)cc1. The van der Waals surface area contributed by atoms with Crippen LogP contribution >= 0.6 is 11.8 Å². The van der Waals surface area contributed by atoms with E-state index in [1.165, 1.54) is 31.4 Å². The van der Waals surface area contributed by atoms with Crippen molar-refractivity contribution in [2.24, 2.45) is 0 Å². The van der Waals surface area contributed by atoms with Crippen molar-refractivity contribution in [1.82, 2.24) is 0 Å². The van der Waals surface area contributed by atoms with Crippen LogP contribution < -0.4 is 24.2 Å². The fourth-order valence-corrected chi connectivity index (χ4v) is 6.69. The molecule has 0 aliphatic carbocycles. The fourth-order valence-electron chi connectivity index (χ4n) is 5.20. The van der Waals surface area contributed by atoms with E-state index in [1.807, 2.05) is 48.5 Å². The first-order valence-electron chi connectivity index (χ1n) is 15.3. The number of methoxy groups -OCH3 is 2. The molecule has 0 heterocycles. The van der Waals surface area contributed by atoms with E-state index in [2.05, 4.69) is 36.4 Å². The van der Waals surface area contributed by atoms with Gasteiger partial charge in [-0.25, -0.2) is 10.0 Å². The molecule has 5 aromatic rings. The van der Waals surface area contributed by atoms with E-state index in [1.54, 1.807) is 37.1 Å². The van der Waals surface area contributed by atoms with Gasteiger partial charge in [-0.1, -0.05) is 78.9 Å². The van der Waals surface area contributed by atoms with Crippen molar-refractivity contribution in [3.8, 4) is 23.0 Å². The summed E-state index contributed by atoms with van der Waals surface area (Å²) in [6.07, 6.45) is -0.845. The highest BCUT2D eigenvalue weighted by molar-refractivity contribution is 8.00. The van der Waals surface area contributed by atoms with Crippen LogP contribution in [0.5, 0.6) is 23.0 Å². The summed E-state index contributed by atoms with van der Waals surface area (Å²) in [4.78, 5) is 25.3. The Morgan fingerprint density at radius 2 is 1.31 bits per heavy atom. The summed E-state index contributed by atoms with van der Waals surface area (Å²) in [6.45, 7) is -0.139. The maximum atomic E-state index is 13.2. The van der Waals surface area contributed by atoms with Crippen molar-refractivity contribution in [2.45, 2.75) is 17.8 Å². The molecule has 0 aromatic heterocycles. The topological polar surface area (TPSA) is 128 Å². The first-order valence-corrected chi connectivity index (χ1v) is 16.3. The van der Waals surface area contributed by atoms with Gasteiger partial charge in [0, 0.05) is 17.9 Å². The third-order valence-electron chi connectivity index (χ3n) is 7.59. The standard InChI is InChI=1S/C38H35NO9S/c1-44-32-18-14-30(15-19-32)38(28-9-5-3-6-10-28,29-11-7-4-8-12-29)49-24-23-36(40)48-34-22-13-27(25-35(34)45-2)26-46-37(41)47-33-20-16-31(17-21-33)39(42)43/h3-22,25,39,42H,23-24,26H2,1-2H3. The lowest BCUT2D eigenvalue weighted by Gasteiger charge is -2.35. The summed E-state index contributed by atoms with van der Waals surface area (Å²) in [5.74, 6) is 1.43. The molecule has 0 spiro atoms. The lowest BCUT2D eigenvalue weighted by molar-refractivity contribution is -0.991. The highest BCUT2D eigenvalue weighted by atomic mass is 32.2. The lowest BCUT2D eigenvalue weighted by Crippen LogP contribution is -2.99. The van der Waals surface area contributed by atoms with Gasteiger partial charge in [-0.3, -0.25) is 4.79 Å². The second-order valence-electron chi connectivity index (χ2n) is 10.7. The summed E-state index contributed by atoms with van der Waals surface area (Å²) in [7, 11) is 3.09. The number of quaternary nitrogens is 1. The quantitative estimate of drug-likeness (QED) is 0.0423. The summed E-state index contributed by atoms with van der Waals surface area (Å²) in [5.41, 5.74) is 3.82. The average molecular weight is 682 g/mol. The lowest BCUT2D eigenvalue weighted by atomic mass is 9.84. The Balaban J connectivity index is 1.24. The number of carbonyl (C=O) groups excluding carboxylic acids is 2. The summed E-state index contributed by atoms with van der Waals surface area (Å²) in [6, 6.07) is 38.6. The Bertz CT molecular complexity index is 1780. The summed E-state index contributed by atoms with van der Waals surface area (Å²) in [5, 5.41) is 18.9. The Labute approximate surface area is 288 Å². The van der Waals surface area contributed by atoms with E-state index in [9.17, 15) is 14.8 Å². The van der Waals surface area contributed by atoms with E-state index >= 15 is 0 Å². The highest BCUT2D eigenvalue weighted by Gasteiger charge is 2.37. The maximum Gasteiger partial charge on any atom is 0.514 e. The van der Waals surface area contributed by atoms with E-state index in [0.717, 1.165) is 22.4 Å². The molecule has 0 saturated carbocycles. The normalized spacial score (nSPS) is 11.7. The van der Waals surface area contributed by atoms with Gasteiger partial charge in [-0.05, 0) is 58.7 Å². The molecule has 0 fully saturated rings. The zero-order valence-corrected chi connectivity index (χ0v) is 27.7. The van der Waals surface area contributed by atoms with Crippen molar-refractivity contribution in [3.63, 3.8) is 0 Å². The molecule has 11 heteroatoms. The average Bonchev–Trinajstić information content (AvgIpc) is 3.14. The molecule has 0 radical (unpaired) electrons. The Morgan fingerprint density at radius 1 is 0.714 bits per heavy atom. The molecule has 0 saturated heterocycles. The molecule has 49 heavy (non-hydrogen) atoms. The number of hydrogen-bond acceptors (Lipinski definition) is 10. The van der Waals surface area contributed by atoms with Gasteiger partial charge in [-0.2, -0.15) is 5.23 Å². The van der Waals surface area contributed by atoms with Crippen LogP contribution in [0.2, 0.25) is 0 Å². The molecule has 252 valence electrons. The zero-order chi connectivity index (χ0) is 34.6. The number of ether oxygens (including phenoxy) is 5. The van der Waals surface area contributed by atoms with Crippen LogP contribution in [0.4, 0.5) is 10.5 Å². The number of hydrogen-bond donors (Lipinski definition) is 2. The second kappa shape index (κ2) is 16.7. The molecule has 5 rings (SSSR count). The minimum atomic E-state index is -1.09. The molecule has 0 aliphatic heterocycles. The zero-order valence-electron chi connectivity index (χ0n) is 26.9.